The third-order valence-corrected chi connectivity index (χ3v) is 5.71. The molecule has 1 aliphatic rings. The lowest BCUT2D eigenvalue weighted by Gasteiger charge is -2.38. The number of piperidine rings is 1. The van der Waals surface area contributed by atoms with E-state index in [-0.39, 0.29) is 0 Å². The zero-order valence-corrected chi connectivity index (χ0v) is 12.5. The van der Waals surface area contributed by atoms with Crippen molar-refractivity contribution in [1.82, 2.24) is 4.31 Å². The summed E-state index contributed by atoms with van der Waals surface area (Å²) in [5, 5.41) is 9.53. The Kier molecular flexibility index (Phi) is 4.27. The molecular weight excluding hydrogens is 326 g/mol. The number of nitrogens with zero attached hydrogens (tertiary/aromatic N) is 1. The van der Waals surface area contributed by atoms with Crippen LogP contribution in [-0.2, 0) is 10.0 Å². The molecule has 1 fully saturated rings. The Balaban J connectivity index is 2.23. The van der Waals surface area contributed by atoms with E-state index in [9.17, 15) is 31.1 Å². The minimum Gasteiger partial charge on any atom is -0.380 e. The van der Waals surface area contributed by atoms with Gasteiger partial charge in [0, 0.05) is 13.1 Å². The van der Waals surface area contributed by atoms with Gasteiger partial charge in [-0.3, -0.25) is 0 Å². The summed E-state index contributed by atoms with van der Waals surface area (Å²) >= 11 is 0. The van der Waals surface area contributed by atoms with Crippen molar-refractivity contribution in [3.63, 3.8) is 0 Å². The molecule has 0 aliphatic carbocycles. The van der Waals surface area contributed by atoms with Crippen molar-refractivity contribution in [2.45, 2.75) is 36.4 Å². The van der Waals surface area contributed by atoms with E-state index in [0.717, 1.165) is 16.4 Å². The van der Waals surface area contributed by atoms with Crippen molar-refractivity contribution in [2.75, 3.05) is 13.1 Å². The van der Waals surface area contributed by atoms with Crippen molar-refractivity contribution in [1.29, 1.82) is 0 Å². The van der Waals surface area contributed by atoms with E-state index in [0.29, 0.717) is 5.56 Å². The van der Waals surface area contributed by atoms with Gasteiger partial charge in [-0.2, -0.15) is 17.5 Å². The van der Waals surface area contributed by atoms with Crippen LogP contribution in [0.15, 0.2) is 23.1 Å². The molecule has 1 aliphatic heterocycles. The summed E-state index contributed by atoms with van der Waals surface area (Å²) in [4.78, 5) is -0.574. The van der Waals surface area contributed by atoms with Crippen LogP contribution in [-0.4, -0.2) is 42.7 Å². The van der Waals surface area contributed by atoms with Gasteiger partial charge in [-0.05, 0) is 37.5 Å². The molecule has 0 spiro atoms. The third-order valence-electron chi connectivity index (χ3n) is 3.78. The lowest BCUT2D eigenvalue weighted by atomic mass is 9.92. The van der Waals surface area contributed by atoms with Crippen molar-refractivity contribution < 1.29 is 31.1 Å². The highest BCUT2D eigenvalue weighted by Gasteiger charge is 2.55. The Morgan fingerprint density at radius 2 is 1.77 bits per heavy atom. The normalized spacial score (nSPS) is 20.1. The van der Waals surface area contributed by atoms with E-state index in [4.69, 9.17) is 0 Å². The first kappa shape index (κ1) is 17.2. The molecule has 2 rings (SSSR count). The molecule has 0 bridgehead atoms. The maximum Gasteiger partial charge on any atom is 0.417 e. The Morgan fingerprint density at radius 3 is 2.23 bits per heavy atom. The Hall–Kier alpha value is -1.19. The molecule has 0 saturated carbocycles. The molecule has 124 valence electrons. The molecular formula is C13H15F4NO3S. The summed E-state index contributed by atoms with van der Waals surface area (Å²) in [6.07, 6.45) is -6.37. The van der Waals surface area contributed by atoms with Gasteiger partial charge in [-0.15, -0.1) is 0 Å². The van der Waals surface area contributed by atoms with Crippen LogP contribution in [0.25, 0.3) is 0 Å². The van der Waals surface area contributed by atoms with E-state index >= 15 is 0 Å². The number of alkyl halides is 3. The van der Waals surface area contributed by atoms with E-state index in [1.807, 2.05) is 0 Å². The van der Waals surface area contributed by atoms with Gasteiger partial charge in [-0.1, -0.05) is 6.07 Å². The average molecular weight is 341 g/mol. The lowest BCUT2D eigenvalue weighted by Crippen LogP contribution is -2.54. The molecule has 0 radical (unpaired) electrons. The summed E-state index contributed by atoms with van der Waals surface area (Å²) < 4.78 is 77.3. The van der Waals surface area contributed by atoms with Gasteiger partial charge < -0.3 is 5.11 Å². The highest BCUT2D eigenvalue weighted by atomic mass is 32.2. The van der Waals surface area contributed by atoms with Crippen LogP contribution in [0, 0.1) is 12.7 Å². The molecule has 0 unspecified atom stereocenters. The second-order valence-corrected chi connectivity index (χ2v) is 7.27. The monoisotopic (exact) mass is 341 g/mol. The van der Waals surface area contributed by atoms with Gasteiger partial charge in [0.15, 0.2) is 5.60 Å². The van der Waals surface area contributed by atoms with Crippen molar-refractivity contribution in [2.24, 2.45) is 0 Å². The fourth-order valence-electron chi connectivity index (χ4n) is 2.33. The molecule has 1 heterocycles. The van der Waals surface area contributed by atoms with Crippen molar-refractivity contribution in [3.05, 3.63) is 29.6 Å². The summed E-state index contributed by atoms with van der Waals surface area (Å²) in [7, 11) is -4.23. The average Bonchev–Trinajstić information content (AvgIpc) is 2.37. The van der Waals surface area contributed by atoms with Crippen LogP contribution in [0.1, 0.15) is 18.4 Å². The second-order valence-electron chi connectivity index (χ2n) is 5.37. The van der Waals surface area contributed by atoms with Crippen molar-refractivity contribution >= 4 is 10.0 Å². The van der Waals surface area contributed by atoms with E-state index in [1.165, 1.54) is 6.07 Å². The molecule has 9 heteroatoms. The number of benzene rings is 1. The highest BCUT2D eigenvalue weighted by Crippen LogP contribution is 2.39. The molecule has 1 N–H and O–H groups in total. The van der Waals surface area contributed by atoms with Gasteiger partial charge in [0.2, 0.25) is 10.0 Å². The van der Waals surface area contributed by atoms with Gasteiger partial charge in [-0.25, -0.2) is 12.8 Å². The van der Waals surface area contributed by atoms with Crippen LogP contribution in [0.4, 0.5) is 17.6 Å². The third kappa shape index (κ3) is 2.97. The largest absolute Gasteiger partial charge is 0.417 e. The van der Waals surface area contributed by atoms with Gasteiger partial charge in [0.25, 0.3) is 0 Å². The molecule has 1 aromatic rings. The van der Waals surface area contributed by atoms with Gasteiger partial charge in [0.05, 0.1) is 0 Å². The van der Waals surface area contributed by atoms with Gasteiger partial charge >= 0.3 is 6.18 Å². The Labute approximate surface area is 125 Å². The number of halogens is 4. The number of aliphatic hydroxyl groups is 1. The lowest BCUT2D eigenvalue weighted by molar-refractivity contribution is -0.270. The Morgan fingerprint density at radius 1 is 1.23 bits per heavy atom. The van der Waals surface area contributed by atoms with Crippen LogP contribution in [0.2, 0.25) is 0 Å². The smallest absolute Gasteiger partial charge is 0.380 e. The number of aryl methyl sites for hydroxylation is 1. The molecule has 0 amide bonds. The zero-order chi connectivity index (χ0) is 16.8. The first-order chi connectivity index (χ1) is 9.97. The molecule has 1 saturated heterocycles. The number of rotatable bonds is 2. The molecule has 22 heavy (non-hydrogen) atoms. The maximum absolute atomic E-state index is 13.8. The van der Waals surface area contributed by atoms with Crippen LogP contribution < -0.4 is 0 Å². The highest BCUT2D eigenvalue weighted by molar-refractivity contribution is 7.89. The zero-order valence-electron chi connectivity index (χ0n) is 11.7. The quantitative estimate of drug-likeness (QED) is 0.839. The fraction of sp³-hybridized carbons (Fsp3) is 0.538. The number of hydrogen-bond donors (Lipinski definition) is 1. The van der Waals surface area contributed by atoms with Crippen LogP contribution >= 0.6 is 0 Å². The summed E-state index contributed by atoms with van der Waals surface area (Å²) in [5.74, 6) is -0.948. The minimum absolute atomic E-state index is 0.522. The van der Waals surface area contributed by atoms with E-state index in [2.05, 4.69) is 0 Å². The molecule has 4 nitrogen and oxygen atoms in total. The first-order valence-corrected chi connectivity index (χ1v) is 7.97. The second kappa shape index (κ2) is 5.47. The van der Waals surface area contributed by atoms with Crippen LogP contribution in [0.5, 0.6) is 0 Å². The van der Waals surface area contributed by atoms with Crippen LogP contribution in [0.3, 0.4) is 0 Å². The SMILES string of the molecule is Cc1ccc(S(=O)(=O)N2CCC(O)(C(F)(F)F)CC2)c(F)c1. The summed E-state index contributed by atoms with van der Waals surface area (Å²) in [6, 6.07) is 3.54. The van der Waals surface area contributed by atoms with Crippen molar-refractivity contribution in [3.8, 4) is 0 Å². The predicted molar refractivity (Wildman–Crippen MR) is 70.1 cm³/mol. The predicted octanol–water partition coefficient (Wildman–Crippen LogP) is 2.21. The summed E-state index contributed by atoms with van der Waals surface area (Å²) in [6.45, 7) is 0.543. The standard InChI is InChI=1S/C13H15F4NO3S/c1-9-2-3-11(10(14)8-9)22(20,21)18-6-4-12(19,5-7-18)13(15,16)17/h2-3,8,19H,4-7H2,1H3. The topological polar surface area (TPSA) is 57.6 Å². The Bertz CT molecular complexity index is 664. The van der Waals surface area contributed by atoms with E-state index in [1.54, 1.807) is 6.92 Å². The summed E-state index contributed by atoms with van der Waals surface area (Å²) in [5.41, 5.74) is -2.37. The minimum atomic E-state index is -4.82. The number of hydrogen-bond acceptors (Lipinski definition) is 3. The fourth-order valence-corrected chi connectivity index (χ4v) is 3.82. The maximum atomic E-state index is 13.8. The first-order valence-electron chi connectivity index (χ1n) is 6.53. The van der Waals surface area contributed by atoms with E-state index < -0.39 is 58.4 Å². The molecule has 0 atom stereocenters. The van der Waals surface area contributed by atoms with Gasteiger partial charge in [0.1, 0.15) is 10.7 Å². The molecule has 0 aromatic heterocycles. The molecule has 1 aromatic carbocycles. The number of sulfonamides is 1.